The van der Waals surface area contributed by atoms with Crippen LogP contribution in [0.1, 0.15) is 5.56 Å². The quantitative estimate of drug-likeness (QED) is 0.523. The Balaban J connectivity index is 2.02. The molecule has 2 aromatic carbocycles. The number of alkyl halides is 3. The van der Waals surface area contributed by atoms with Gasteiger partial charge >= 0.3 is 6.18 Å². The summed E-state index contributed by atoms with van der Waals surface area (Å²) in [6.07, 6.45) is -2.83. The SMILES string of the molecule is O=c1[nH]c2c(C(F)(F)F)cccc2cc1-c1c[nH]c2ccccc12. The lowest BCUT2D eigenvalue weighted by atomic mass is 10.0. The van der Waals surface area contributed by atoms with Crippen molar-refractivity contribution in [2.45, 2.75) is 6.18 Å². The summed E-state index contributed by atoms with van der Waals surface area (Å²) in [5.41, 5.74) is 0.256. The normalized spacial score (nSPS) is 12.1. The third-order valence-electron chi connectivity index (χ3n) is 4.06. The van der Waals surface area contributed by atoms with Crippen molar-refractivity contribution in [1.29, 1.82) is 0 Å². The predicted molar refractivity (Wildman–Crippen MR) is 86.9 cm³/mol. The maximum atomic E-state index is 13.1. The number of hydrogen-bond acceptors (Lipinski definition) is 1. The molecule has 2 heterocycles. The van der Waals surface area contributed by atoms with Gasteiger partial charge in [0.15, 0.2) is 0 Å². The van der Waals surface area contributed by atoms with Crippen LogP contribution in [-0.2, 0) is 6.18 Å². The Morgan fingerprint density at radius 3 is 2.50 bits per heavy atom. The summed E-state index contributed by atoms with van der Waals surface area (Å²) in [5, 5.41) is 1.18. The third kappa shape index (κ3) is 2.19. The molecule has 4 aromatic rings. The molecule has 120 valence electrons. The van der Waals surface area contributed by atoms with E-state index in [0.29, 0.717) is 16.5 Å². The summed E-state index contributed by atoms with van der Waals surface area (Å²) in [6, 6.07) is 12.8. The molecule has 0 amide bonds. The standard InChI is InChI=1S/C18H11F3N2O/c19-18(20,21)14-6-3-4-10-8-12(17(24)23-16(10)14)13-9-22-15-7-2-1-5-11(13)15/h1-9,22H,(H,23,24). The summed E-state index contributed by atoms with van der Waals surface area (Å²) in [5.74, 6) is 0. The van der Waals surface area contributed by atoms with Gasteiger partial charge in [0.05, 0.1) is 11.1 Å². The first-order valence-corrected chi connectivity index (χ1v) is 7.25. The van der Waals surface area contributed by atoms with Gasteiger partial charge in [-0.05, 0) is 23.6 Å². The van der Waals surface area contributed by atoms with Crippen LogP contribution in [-0.4, -0.2) is 9.97 Å². The number of pyridine rings is 1. The molecule has 0 aliphatic rings. The number of rotatable bonds is 1. The van der Waals surface area contributed by atoms with Crippen LogP contribution >= 0.6 is 0 Å². The van der Waals surface area contributed by atoms with E-state index in [1.165, 1.54) is 12.1 Å². The molecule has 6 heteroatoms. The minimum absolute atomic E-state index is 0.196. The fourth-order valence-corrected chi connectivity index (χ4v) is 2.96. The smallest absolute Gasteiger partial charge is 0.361 e. The zero-order valence-electron chi connectivity index (χ0n) is 12.2. The highest BCUT2D eigenvalue weighted by Gasteiger charge is 2.33. The number of benzene rings is 2. The van der Waals surface area contributed by atoms with Gasteiger partial charge in [-0.3, -0.25) is 4.79 Å². The van der Waals surface area contributed by atoms with Crippen molar-refractivity contribution in [1.82, 2.24) is 9.97 Å². The van der Waals surface area contributed by atoms with E-state index in [-0.39, 0.29) is 5.52 Å². The van der Waals surface area contributed by atoms with Gasteiger partial charge in [0.25, 0.3) is 5.56 Å². The fourth-order valence-electron chi connectivity index (χ4n) is 2.96. The second kappa shape index (κ2) is 4.99. The maximum absolute atomic E-state index is 13.1. The second-order valence-corrected chi connectivity index (χ2v) is 5.53. The van der Waals surface area contributed by atoms with Gasteiger partial charge in [0.1, 0.15) is 0 Å². The van der Waals surface area contributed by atoms with E-state index in [2.05, 4.69) is 9.97 Å². The molecule has 24 heavy (non-hydrogen) atoms. The van der Waals surface area contributed by atoms with Gasteiger partial charge < -0.3 is 9.97 Å². The van der Waals surface area contributed by atoms with E-state index in [4.69, 9.17) is 0 Å². The van der Waals surface area contributed by atoms with Crippen LogP contribution in [0.2, 0.25) is 0 Å². The topological polar surface area (TPSA) is 48.6 Å². The predicted octanol–water partition coefficient (Wildman–Crippen LogP) is 4.70. The van der Waals surface area contributed by atoms with Crippen molar-refractivity contribution in [3.63, 3.8) is 0 Å². The molecule has 2 aromatic heterocycles. The molecule has 3 nitrogen and oxygen atoms in total. The van der Waals surface area contributed by atoms with E-state index in [1.807, 2.05) is 24.3 Å². The summed E-state index contributed by atoms with van der Waals surface area (Å²) in [4.78, 5) is 17.9. The van der Waals surface area contributed by atoms with E-state index in [0.717, 1.165) is 17.0 Å². The van der Waals surface area contributed by atoms with Crippen molar-refractivity contribution in [3.8, 4) is 11.1 Å². The number of fused-ring (bicyclic) bond motifs is 2. The summed E-state index contributed by atoms with van der Waals surface area (Å²) >= 11 is 0. The summed E-state index contributed by atoms with van der Waals surface area (Å²) < 4.78 is 39.3. The second-order valence-electron chi connectivity index (χ2n) is 5.53. The minimum atomic E-state index is -4.52. The average Bonchev–Trinajstić information content (AvgIpc) is 2.96. The van der Waals surface area contributed by atoms with Crippen molar-refractivity contribution in [3.05, 3.63) is 70.6 Å². The summed E-state index contributed by atoms with van der Waals surface area (Å²) in [7, 11) is 0. The van der Waals surface area contributed by atoms with E-state index in [1.54, 1.807) is 12.3 Å². The van der Waals surface area contributed by atoms with Crippen molar-refractivity contribution in [2.24, 2.45) is 0 Å². The molecule has 0 aliphatic heterocycles. The molecular formula is C18H11F3N2O. The van der Waals surface area contributed by atoms with Crippen molar-refractivity contribution in [2.75, 3.05) is 0 Å². The minimum Gasteiger partial charge on any atom is -0.361 e. The van der Waals surface area contributed by atoms with Gasteiger partial charge in [-0.15, -0.1) is 0 Å². The van der Waals surface area contributed by atoms with Crippen LogP contribution < -0.4 is 5.56 Å². The van der Waals surface area contributed by atoms with Crippen LogP contribution in [0.4, 0.5) is 13.2 Å². The number of halogens is 3. The van der Waals surface area contributed by atoms with E-state index >= 15 is 0 Å². The average molecular weight is 328 g/mol. The van der Waals surface area contributed by atoms with Crippen LogP contribution in [0.5, 0.6) is 0 Å². The molecule has 2 N–H and O–H groups in total. The first-order chi connectivity index (χ1) is 11.4. The number of H-pyrrole nitrogens is 2. The lowest BCUT2D eigenvalue weighted by molar-refractivity contribution is -0.136. The van der Waals surface area contributed by atoms with Gasteiger partial charge in [0.2, 0.25) is 0 Å². The highest BCUT2D eigenvalue weighted by Crippen LogP contribution is 2.34. The number of hydrogen-bond donors (Lipinski definition) is 2. The molecule has 0 unspecified atom stereocenters. The highest BCUT2D eigenvalue weighted by atomic mass is 19.4. The summed E-state index contributed by atoms with van der Waals surface area (Å²) in [6.45, 7) is 0. The fraction of sp³-hybridized carbons (Fsp3) is 0.0556. The number of aromatic nitrogens is 2. The Morgan fingerprint density at radius 2 is 1.71 bits per heavy atom. The van der Waals surface area contributed by atoms with Crippen LogP contribution in [0, 0.1) is 0 Å². The van der Waals surface area contributed by atoms with Crippen LogP contribution in [0.3, 0.4) is 0 Å². The number of aromatic amines is 2. The lowest BCUT2D eigenvalue weighted by Gasteiger charge is -2.10. The van der Waals surface area contributed by atoms with E-state index < -0.39 is 17.3 Å². The molecule has 0 spiro atoms. The van der Waals surface area contributed by atoms with Gasteiger partial charge in [-0.2, -0.15) is 13.2 Å². The van der Waals surface area contributed by atoms with Crippen molar-refractivity contribution >= 4 is 21.8 Å². The Labute approximate surface area is 133 Å². The zero-order valence-corrected chi connectivity index (χ0v) is 12.2. The molecule has 0 fully saturated rings. The lowest BCUT2D eigenvalue weighted by Crippen LogP contribution is -2.13. The maximum Gasteiger partial charge on any atom is 0.418 e. The Kier molecular flexibility index (Phi) is 3.03. The molecule has 0 aliphatic carbocycles. The van der Waals surface area contributed by atoms with Crippen LogP contribution in [0.25, 0.3) is 32.9 Å². The number of para-hydroxylation sites is 2. The highest BCUT2D eigenvalue weighted by molar-refractivity contribution is 5.97. The Hall–Kier alpha value is -3.02. The monoisotopic (exact) mass is 328 g/mol. The first-order valence-electron chi connectivity index (χ1n) is 7.25. The third-order valence-corrected chi connectivity index (χ3v) is 4.06. The first kappa shape index (κ1) is 14.6. The zero-order chi connectivity index (χ0) is 16.9. The van der Waals surface area contributed by atoms with E-state index in [9.17, 15) is 18.0 Å². The molecule has 4 rings (SSSR count). The van der Waals surface area contributed by atoms with Gasteiger partial charge in [0, 0.05) is 28.2 Å². The molecule has 0 bridgehead atoms. The molecule has 0 saturated carbocycles. The Bertz CT molecular complexity index is 1120. The largest absolute Gasteiger partial charge is 0.418 e. The molecule has 0 radical (unpaired) electrons. The Morgan fingerprint density at radius 1 is 0.917 bits per heavy atom. The molecule has 0 saturated heterocycles. The molecular weight excluding hydrogens is 317 g/mol. The molecule has 0 atom stereocenters. The number of nitrogens with one attached hydrogen (secondary N) is 2. The van der Waals surface area contributed by atoms with Crippen molar-refractivity contribution < 1.29 is 13.2 Å². The van der Waals surface area contributed by atoms with Gasteiger partial charge in [-0.25, -0.2) is 0 Å². The van der Waals surface area contributed by atoms with Crippen LogP contribution in [0.15, 0.2) is 59.5 Å². The van der Waals surface area contributed by atoms with Gasteiger partial charge in [-0.1, -0.05) is 30.3 Å².